The summed E-state index contributed by atoms with van der Waals surface area (Å²) in [7, 11) is 0. The van der Waals surface area contributed by atoms with Gasteiger partial charge in [-0.25, -0.2) is 0 Å². The van der Waals surface area contributed by atoms with Gasteiger partial charge in [0.05, 0.1) is 5.03 Å². The molecule has 0 fully saturated rings. The highest BCUT2D eigenvalue weighted by molar-refractivity contribution is 8.02. The molecule has 0 saturated carbocycles. The topological polar surface area (TPSA) is 0 Å². The standard InChI is InChI=1S/C14H10Cl2S/c15-12-8-6-11(7-9-12)14(16)10-17-13-4-2-1-3-5-13/h1-10H/b14-10+. The lowest BCUT2D eigenvalue weighted by Crippen LogP contribution is -1.75. The van der Waals surface area contributed by atoms with Crippen molar-refractivity contribution in [1.29, 1.82) is 0 Å². The van der Waals surface area contributed by atoms with Gasteiger partial charge in [0, 0.05) is 9.92 Å². The van der Waals surface area contributed by atoms with Gasteiger partial charge >= 0.3 is 0 Å². The summed E-state index contributed by atoms with van der Waals surface area (Å²) in [4.78, 5) is 1.17. The monoisotopic (exact) mass is 280 g/mol. The van der Waals surface area contributed by atoms with E-state index in [2.05, 4.69) is 0 Å². The molecule has 17 heavy (non-hydrogen) atoms. The van der Waals surface area contributed by atoms with Crippen LogP contribution in [0.4, 0.5) is 0 Å². The molecule has 0 aromatic heterocycles. The van der Waals surface area contributed by atoms with Crippen LogP contribution in [0.15, 0.2) is 64.9 Å². The Labute approximate surface area is 115 Å². The van der Waals surface area contributed by atoms with Crippen LogP contribution in [0.3, 0.4) is 0 Å². The zero-order chi connectivity index (χ0) is 12.1. The molecule has 0 aliphatic carbocycles. The lowest BCUT2D eigenvalue weighted by atomic mass is 10.2. The van der Waals surface area contributed by atoms with E-state index in [1.807, 2.05) is 60.0 Å². The zero-order valence-corrected chi connectivity index (χ0v) is 11.3. The second kappa shape index (κ2) is 6.15. The molecule has 0 bridgehead atoms. The molecule has 0 N–H and O–H groups in total. The lowest BCUT2D eigenvalue weighted by Gasteiger charge is -2.00. The van der Waals surface area contributed by atoms with Crippen LogP contribution in [0.25, 0.3) is 5.03 Å². The highest BCUT2D eigenvalue weighted by Gasteiger charge is 1.98. The number of halogens is 2. The van der Waals surface area contributed by atoms with Crippen molar-refractivity contribution in [3.05, 3.63) is 70.6 Å². The normalized spacial score (nSPS) is 11.5. The van der Waals surface area contributed by atoms with E-state index in [4.69, 9.17) is 23.2 Å². The van der Waals surface area contributed by atoms with Gasteiger partial charge in [0.2, 0.25) is 0 Å². The van der Waals surface area contributed by atoms with Crippen LogP contribution in [-0.4, -0.2) is 0 Å². The van der Waals surface area contributed by atoms with Crippen molar-refractivity contribution in [3.63, 3.8) is 0 Å². The minimum atomic E-state index is 0.717. The van der Waals surface area contributed by atoms with Gasteiger partial charge in [-0.15, -0.1) is 0 Å². The molecule has 0 spiro atoms. The number of thioether (sulfide) groups is 1. The SMILES string of the molecule is Cl/C(=C/Sc1ccccc1)c1ccc(Cl)cc1. The van der Waals surface area contributed by atoms with Gasteiger partial charge in [-0.2, -0.15) is 0 Å². The van der Waals surface area contributed by atoms with Crippen LogP contribution in [0.1, 0.15) is 5.56 Å². The van der Waals surface area contributed by atoms with E-state index in [1.54, 1.807) is 11.8 Å². The molecule has 0 radical (unpaired) electrons. The molecular formula is C14H10Cl2S. The van der Waals surface area contributed by atoms with Crippen LogP contribution in [-0.2, 0) is 0 Å². The van der Waals surface area contributed by atoms with Crippen molar-refractivity contribution in [3.8, 4) is 0 Å². The maximum atomic E-state index is 6.21. The largest absolute Gasteiger partial charge is 0.0965 e. The Balaban J connectivity index is 2.10. The van der Waals surface area contributed by atoms with Crippen LogP contribution in [0.2, 0.25) is 5.02 Å². The van der Waals surface area contributed by atoms with Crippen molar-refractivity contribution >= 4 is 40.0 Å². The summed E-state index contributed by atoms with van der Waals surface area (Å²) in [6, 6.07) is 17.6. The highest BCUT2D eigenvalue weighted by atomic mass is 35.5. The Hall–Kier alpha value is -0.890. The zero-order valence-electron chi connectivity index (χ0n) is 8.94. The predicted octanol–water partition coefficient (Wildman–Crippen LogP) is 5.67. The summed E-state index contributed by atoms with van der Waals surface area (Å²) < 4.78 is 0. The third kappa shape index (κ3) is 3.81. The summed E-state index contributed by atoms with van der Waals surface area (Å²) in [6.07, 6.45) is 0. The Morgan fingerprint density at radius 2 is 1.59 bits per heavy atom. The number of hydrogen-bond acceptors (Lipinski definition) is 1. The summed E-state index contributed by atoms with van der Waals surface area (Å²) >= 11 is 13.6. The first-order chi connectivity index (χ1) is 8.25. The van der Waals surface area contributed by atoms with Crippen molar-refractivity contribution in [1.82, 2.24) is 0 Å². The van der Waals surface area contributed by atoms with Gasteiger partial charge in [-0.3, -0.25) is 0 Å². The van der Waals surface area contributed by atoms with E-state index >= 15 is 0 Å². The average Bonchev–Trinajstić information content (AvgIpc) is 2.38. The van der Waals surface area contributed by atoms with E-state index in [0.29, 0.717) is 5.02 Å². The summed E-state index contributed by atoms with van der Waals surface area (Å²) in [6.45, 7) is 0. The summed E-state index contributed by atoms with van der Waals surface area (Å²) in [5.74, 6) is 0. The van der Waals surface area contributed by atoms with Crippen molar-refractivity contribution in [2.45, 2.75) is 4.90 Å². The minimum absolute atomic E-state index is 0.717. The molecule has 0 aliphatic heterocycles. The first kappa shape index (κ1) is 12.6. The van der Waals surface area contributed by atoms with E-state index < -0.39 is 0 Å². The minimum Gasteiger partial charge on any atom is -0.0965 e. The van der Waals surface area contributed by atoms with Crippen molar-refractivity contribution in [2.75, 3.05) is 0 Å². The van der Waals surface area contributed by atoms with Crippen LogP contribution >= 0.6 is 35.0 Å². The van der Waals surface area contributed by atoms with Crippen molar-refractivity contribution in [2.24, 2.45) is 0 Å². The molecule has 0 saturated heterocycles. The second-order valence-corrected chi connectivity index (χ2v) is 5.19. The van der Waals surface area contributed by atoms with Gasteiger partial charge in [0.15, 0.2) is 0 Å². The highest BCUT2D eigenvalue weighted by Crippen LogP contribution is 2.27. The van der Waals surface area contributed by atoms with E-state index in [1.165, 1.54) is 4.90 Å². The third-order valence-electron chi connectivity index (χ3n) is 2.16. The molecule has 2 aromatic rings. The molecule has 0 nitrogen and oxygen atoms in total. The van der Waals surface area contributed by atoms with Gasteiger partial charge in [-0.1, -0.05) is 65.3 Å². The lowest BCUT2D eigenvalue weighted by molar-refractivity contribution is 1.47. The average molecular weight is 281 g/mol. The molecule has 0 aliphatic rings. The maximum Gasteiger partial charge on any atom is 0.0544 e. The summed E-state index contributed by atoms with van der Waals surface area (Å²) in [5.41, 5.74) is 0.972. The molecule has 2 aromatic carbocycles. The predicted molar refractivity (Wildman–Crippen MR) is 77.6 cm³/mol. The van der Waals surface area contributed by atoms with E-state index in [9.17, 15) is 0 Å². The first-order valence-electron chi connectivity index (χ1n) is 5.09. The summed E-state index contributed by atoms with van der Waals surface area (Å²) in [5, 5.41) is 3.37. The molecule has 0 atom stereocenters. The fourth-order valence-electron chi connectivity index (χ4n) is 1.30. The molecule has 0 heterocycles. The Morgan fingerprint density at radius 3 is 2.24 bits per heavy atom. The van der Waals surface area contributed by atoms with E-state index in [0.717, 1.165) is 10.6 Å². The van der Waals surface area contributed by atoms with Crippen molar-refractivity contribution < 1.29 is 0 Å². The van der Waals surface area contributed by atoms with Crippen LogP contribution in [0, 0.1) is 0 Å². The maximum absolute atomic E-state index is 6.21. The molecule has 3 heteroatoms. The van der Waals surface area contributed by atoms with E-state index in [-0.39, 0.29) is 0 Å². The fourth-order valence-corrected chi connectivity index (χ4v) is 2.37. The quantitative estimate of drug-likeness (QED) is 0.653. The Kier molecular flexibility index (Phi) is 4.55. The van der Waals surface area contributed by atoms with Crippen LogP contribution in [0.5, 0.6) is 0 Å². The fraction of sp³-hybridized carbons (Fsp3) is 0. The van der Waals surface area contributed by atoms with Gasteiger partial charge in [0.1, 0.15) is 0 Å². The van der Waals surface area contributed by atoms with Gasteiger partial charge in [-0.05, 0) is 35.2 Å². The molecule has 2 rings (SSSR count). The Morgan fingerprint density at radius 1 is 0.941 bits per heavy atom. The smallest absolute Gasteiger partial charge is 0.0544 e. The van der Waals surface area contributed by atoms with Gasteiger partial charge in [0.25, 0.3) is 0 Å². The molecule has 86 valence electrons. The molecule has 0 unspecified atom stereocenters. The number of hydrogen-bond donors (Lipinski definition) is 0. The molecule has 0 amide bonds. The first-order valence-corrected chi connectivity index (χ1v) is 6.72. The van der Waals surface area contributed by atoms with Crippen LogP contribution < -0.4 is 0 Å². The third-order valence-corrected chi connectivity index (χ3v) is 3.77. The second-order valence-electron chi connectivity index (χ2n) is 3.40. The Bertz CT molecular complexity index is 504. The van der Waals surface area contributed by atoms with Gasteiger partial charge < -0.3 is 0 Å². The number of rotatable bonds is 3. The molecular weight excluding hydrogens is 271 g/mol. The number of benzene rings is 2.